The summed E-state index contributed by atoms with van der Waals surface area (Å²) in [6.07, 6.45) is 27.3. The second-order valence-electron chi connectivity index (χ2n) is 6.85. The lowest BCUT2D eigenvalue weighted by atomic mass is 10.1. The van der Waals surface area contributed by atoms with Crippen LogP contribution in [0.15, 0.2) is 48.6 Å². The maximum atomic E-state index is 10.3. The predicted octanol–water partition coefficient (Wildman–Crippen LogP) is 6.14. The molecular formula is C24H36O4. The van der Waals surface area contributed by atoms with Gasteiger partial charge in [-0.2, -0.15) is 0 Å². The molecule has 0 saturated heterocycles. The van der Waals surface area contributed by atoms with E-state index in [0.29, 0.717) is 6.42 Å². The molecule has 1 aliphatic carbocycles. The van der Waals surface area contributed by atoms with E-state index in [4.69, 9.17) is 5.11 Å². The lowest BCUT2D eigenvalue weighted by Crippen LogP contribution is -1.97. The summed E-state index contributed by atoms with van der Waals surface area (Å²) in [4.78, 5) is 30.9. The Morgan fingerprint density at radius 2 is 1.21 bits per heavy atom. The molecule has 0 saturated carbocycles. The minimum Gasteiger partial charge on any atom is -0.481 e. The monoisotopic (exact) mass is 388 g/mol. The van der Waals surface area contributed by atoms with Crippen molar-refractivity contribution in [3.05, 3.63) is 48.6 Å². The topological polar surface area (TPSA) is 71.4 Å². The normalized spacial score (nSPS) is 13.3. The molecule has 4 heteroatoms. The molecular weight excluding hydrogens is 352 g/mol. The number of aliphatic carboxylic acids is 1. The van der Waals surface area contributed by atoms with Gasteiger partial charge in [0.15, 0.2) is 11.6 Å². The number of carboxylic acid groups (broad SMARTS) is 1. The van der Waals surface area contributed by atoms with Gasteiger partial charge in [-0.25, -0.2) is 0 Å². The van der Waals surface area contributed by atoms with Crippen LogP contribution in [0.1, 0.15) is 84.0 Å². The van der Waals surface area contributed by atoms with Crippen LogP contribution in [0.3, 0.4) is 0 Å². The molecule has 0 atom stereocenters. The third-order valence-corrected chi connectivity index (χ3v) is 4.17. The van der Waals surface area contributed by atoms with Gasteiger partial charge in [-0.15, -0.1) is 0 Å². The average Bonchev–Trinajstić information content (AvgIpc) is 2.67. The summed E-state index contributed by atoms with van der Waals surface area (Å²) in [6.45, 7) is 2.23. The van der Waals surface area contributed by atoms with Crippen molar-refractivity contribution in [3.63, 3.8) is 0 Å². The molecule has 0 unspecified atom stereocenters. The number of carboxylic acids is 1. The van der Waals surface area contributed by atoms with E-state index >= 15 is 0 Å². The zero-order chi connectivity index (χ0) is 20.9. The largest absolute Gasteiger partial charge is 0.481 e. The third kappa shape index (κ3) is 20.1. The Morgan fingerprint density at radius 3 is 1.71 bits per heavy atom. The van der Waals surface area contributed by atoms with Crippen LogP contribution in [0.25, 0.3) is 0 Å². The first kappa shape index (κ1) is 25.8. The number of carbonyl (C=O) groups excluding carboxylic acids is 2. The maximum Gasteiger partial charge on any atom is 0.303 e. The van der Waals surface area contributed by atoms with Crippen molar-refractivity contribution < 1.29 is 19.5 Å². The summed E-state index contributed by atoms with van der Waals surface area (Å²) < 4.78 is 0. The number of hydrogen-bond acceptors (Lipinski definition) is 3. The molecule has 0 aromatic rings. The lowest BCUT2D eigenvalue weighted by Gasteiger charge is -1.98. The molecule has 0 fully saturated rings. The molecule has 0 bridgehead atoms. The van der Waals surface area contributed by atoms with Crippen molar-refractivity contribution in [2.45, 2.75) is 84.0 Å². The number of ketones is 2. The van der Waals surface area contributed by atoms with Gasteiger partial charge in [-0.3, -0.25) is 14.4 Å². The fraction of sp³-hybridized carbons (Fsp3) is 0.542. The van der Waals surface area contributed by atoms with Crippen molar-refractivity contribution in [2.75, 3.05) is 0 Å². The van der Waals surface area contributed by atoms with Crippen molar-refractivity contribution in [1.82, 2.24) is 0 Å². The van der Waals surface area contributed by atoms with Crippen molar-refractivity contribution in [1.29, 1.82) is 0 Å². The van der Waals surface area contributed by atoms with Gasteiger partial charge in [0.05, 0.1) is 0 Å². The van der Waals surface area contributed by atoms with Gasteiger partial charge in [-0.05, 0) is 62.8 Å². The van der Waals surface area contributed by atoms with Crippen LogP contribution in [0, 0.1) is 0 Å². The highest BCUT2D eigenvalue weighted by molar-refractivity contribution is 6.14. The molecule has 1 N–H and O–H groups in total. The van der Waals surface area contributed by atoms with E-state index in [-0.39, 0.29) is 11.6 Å². The highest BCUT2D eigenvalue weighted by Crippen LogP contribution is 2.08. The van der Waals surface area contributed by atoms with Gasteiger partial charge < -0.3 is 5.11 Å². The number of carbonyl (C=O) groups is 3. The summed E-state index contributed by atoms with van der Waals surface area (Å²) in [5, 5.41) is 8.50. The molecule has 0 aliphatic heterocycles. The molecule has 0 heterocycles. The first-order valence-electron chi connectivity index (χ1n) is 10.5. The van der Waals surface area contributed by atoms with E-state index < -0.39 is 5.97 Å². The summed E-state index contributed by atoms with van der Waals surface area (Å²) in [5.74, 6) is -0.912. The Hall–Kier alpha value is -2.23. The molecule has 4 nitrogen and oxygen atoms in total. The summed E-state index contributed by atoms with van der Waals surface area (Å²) in [7, 11) is 0. The first-order chi connectivity index (χ1) is 13.6. The van der Waals surface area contributed by atoms with Gasteiger partial charge in [0, 0.05) is 6.42 Å². The van der Waals surface area contributed by atoms with Gasteiger partial charge >= 0.3 is 5.97 Å². The molecule has 0 aromatic carbocycles. The molecule has 0 radical (unpaired) electrons. The van der Waals surface area contributed by atoms with Crippen molar-refractivity contribution in [3.8, 4) is 0 Å². The SMILES string of the molecule is CCCCC/C=C\C/C=C\CCCCCCCC(=O)O.O=C1C=CC(=O)C=C1. The van der Waals surface area contributed by atoms with Crippen molar-refractivity contribution in [2.24, 2.45) is 0 Å². The number of rotatable bonds is 14. The Morgan fingerprint density at radius 1 is 0.750 bits per heavy atom. The van der Waals surface area contributed by atoms with Crippen LogP contribution in [0.2, 0.25) is 0 Å². The molecule has 0 aromatic heterocycles. The zero-order valence-corrected chi connectivity index (χ0v) is 17.3. The van der Waals surface area contributed by atoms with Gasteiger partial charge in [0.2, 0.25) is 0 Å². The van der Waals surface area contributed by atoms with E-state index in [9.17, 15) is 14.4 Å². The van der Waals surface area contributed by atoms with Gasteiger partial charge in [0.25, 0.3) is 0 Å². The quantitative estimate of drug-likeness (QED) is 0.220. The Kier molecular flexibility index (Phi) is 18.0. The number of allylic oxidation sites excluding steroid dienone is 8. The fourth-order valence-corrected chi connectivity index (χ4v) is 2.53. The Bertz CT molecular complexity index is 515. The van der Waals surface area contributed by atoms with E-state index in [0.717, 1.165) is 25.7 Å². The molecule has 0 spiro atoms. The zero-order valence-electron chi connectivity index (χ0n) is 17.3. The van der Waals surface area contributed by atoms with Crippen LogP contribution in [0.4, 0.5) is 0 Å². The minimum atomic E-state index is -0.671. The van der Waals surface area contributed by atoms with Crippen LogP contribution in [-0.4, -0.2) is 22.6 Å². The highest BCUT2D eigenvalue weighted by Gasteiger charge is 1.98. The summed E-state index contributed by atoms with van der Waals surface area (Å²) >= 11 is 0. The number of hydrogen-bond donors (Lipinski definition) is 1. The van der Waals surface area contributed by atoms with E-state index in [1.54, 1.807) is 0 Å². The first-order valence-corrected chi connectivity index (χ1v) is 10.5. The minimum absolute atomic E-state index is 0.121. The lowest BCUT2D eigenvalue weighted by molar-refractivity contribution is -0.137. The molecule has 156 valence electrons. The van der Waals surface area contributed by atoms with Gasteiger partial charge in [-0.1, -0.05) is 63.3 Å². The predicted molar refractivity (Wildman–Crippen MR) is 115 cm³/mol. The van der Waals surface area contributed by atoms with Crippen LogP contribution >= 0.6 is 0 Å². The number of unbranched alkanes of at least 4 members (excludes halogenated alkanes) is 8. The highest BCUT2D eigenvalue weighted by atomic mass is 16.4. The molecule has 1 aliphatic rings. The van der Waals surface area contributed by atoms with E-state index in [2.05, 4.69) is 31.2 Å². The molecule has 0 amide bonds. The molecule has 1 rings (SSSR count). The standard InChI is InChI=1S/C18H32O2.C6H4O2/c1-2-3-4-5-6-7-8-9-10-11-12-13-14-15-16-17-18(19)20;7-5-1-2-6(8)4-3-5/h6-7,9-10H,2-5,8,11-17H2,1H3,(H,19,20);1-4H/b7-6-,10-9-;. The summed E-state index contributed by atoms with van der Waals surface area (Å²) in [6, 6.07) is 0. The maximum absolute atomic E-state index is 10.3. The Balaban J connectivity index is 0.000000749. The fourth-order valence-electron chi connectivity index (χ4n) is 2.53. The van der Waals surface area contributed by atoms with Gasteiger partial charge in [0.1, 0.15) is 0 Å². The third-order valence-electron chi connectivity index (χ3n) is 4.17. The van der Waals surface area contributed by atoms with Crippen LogP contribution in [-0.2, 0) is 14.4 Å². The average molecular weight is 389 g/mol. The van der Waals surface area contributed by atoms with Crippen molar-refractivity contribution >= 4 is 17.5 Å². The van der Waals surface area contributed by atoms with Crippen LogP contribution < -0.4 is 0 Å². The second kappa shape index (κ2) is 19.5. The second-order valence-corrected chi connectivity index (χ2v) is 6.85. The van der Waals surface area contributed by atoms with Crippen LogP contribution in [0.5, 0.6) is 0 Å². The Labute approximate surface area is 170 Å². The molecule has 28 heavy (non-hydrogen) atoms. The van der Waals surface area contributed by atoms with E-state index in [1.807, 2.05) is 0 Å². The smallest absolute Gasteiger partial charge is 0.303 e. The summed E-state index contributed by atoms with van der Waals surface area (Å²) in [5.41, 5.74) is 0. The van der Waals surface area contributed by atoms with E-state index in [1.165, 1.54) is 69.2 Å².